The molecule has 1 aromatic carbocycles. The van der Waals surface area contributed by atoms with Gasteiger partial charge in [0.25, 0.3) is 0 Å². The van der Waals surface area contributed by atoms with Crippen LogP contribution in [-0.2, 0) is 0 Å². The fourth-order valence-corrected chi connectivity index (χ4v) is 4.03. The molecule has 7 nitrogen and oxygen atoms in total. The average Bonchev–Trinajstić information content (AvgIpc) is 3.06. The topological polar surface area (TPSA) is 98.9 Å². The highest BCUT2D eigenvalue weighted by molar-refractivity contribution is 8.03. The molecule has 126 valence electrons. The first-order valence-electron chi connectivity index (χ1n) is 7.15. The number of fused-ring (bicyclic) bond motifs is 1. The molecule has 0 spiro atoms. The third kappa shape index (κ3) is 3.68. The summed E-state index contributed by atoms with van der Waals surface area (Å²) in [7, 11) is 3.27. The Hall–Kier alpha value is -2.13. The van der Waals surface area contributed by atoms with Gasteiger partial charge >= 0.3 is 0 Å². The number of nitrogens with one attached hydrogen (secondary N) is 1. The van der Waals surface area contributed by atoms with E-state index in [1.165, 1.54) is 0 Å². The van der Waals surface area contributed by atoms with Crippen LogP contribution in [0, 0.1) is 0 Å². The van der Waals surface area contributed by atoms with Gasteiger partial charge in [-0.05, 0) is 18.2 Å². The second-order valence-electron chi connectivity index (χ2n) is 4.70. The molecule has 0 atom stereocenters. The summed E-state index contributed by atoms with van der Waals surface area (Å²) in [6.45, 7) is 0. The van der Waals surface area contributed by atoms with E-state index in [0.29, 0.717) is 5.65 Å². The van der Waals surface area contributed by atoms with Crippen molar-refractivity contribution in [2.24, 2.45) is 0 Å². The Balaban J connectivity index is 1.60. The molecule has 0 saturated heterocycles. The van der Waals surface area contributed by atoms with Crippen LogP contribution in [0.1, 0.15) is 0 Å². The number of thioether (sulfide) groups is 2. The predicted octanol–water partition coefficient (Wildman–Crippen LogP) is 2.84. The number of methoxy groups -OCH3 is 2. The summed E-state index contributed by atoms with van der Waals surface area (Å²) in [6.07, 6.45) is 1.60. The zero-order valence-corrected chi connectivity index (χ0v) is 14.9. The van der Waals surface area contributed by atoms with E-state index in [1.54, 1.807) is 44.1 Å². The van der Waals surface area contributed by atoms with E-state index in [1.807, 2.05) is 18.2 Å². The molecule has 0 saturated carbocycles. The molecule has 0 aliphatic rings. The van der Waals surface area contributed by atoms with Crippen molar-refractivity contribution in [3.05, 3.63) is 24.5 Å². The normalized spacial score (nSPS) is 10.9. The molecule has 9 heteroatoms. The number of anilines is 1. The van der Waals surface area contributed by atoms with E-state index < -0.39 is 0 Å². The Morgan fingerprint density at radius 3 is 2.67 bits per heavy atom. The lowest BCUT2D eigenvalue weighted by molar-refractivity contribution is 0.354. The molecule has 2 aromatic heterocycles. The van der Waals surface area contributed by atoms with E-state index >= 15 is 0 Å². The number of ether oxygens (including phenoxy) is 2. The standard InChI is InChI=1S/C15H17N5O2S2/c1-21-10-4-3-9(7-11(10)22-2)23-5-6-24-14-12-13(18-8-17-12)19-15(16)20-14/h3-4,7-8H,5-6H2,1-2H3,(H3,16,17,18,19,20). The fourth-order valence-electron chi connectivity index (χ4n) is 2.13. The number of benzene rings is 1. The lowest BCUT2D eigenvalue weighted by Gasteiger charge is -2.09. The van der Waals surface area contributed by atoms with Crippen LogP contribution in [0.15, 0.2) is 34.4 Å². The monoisotopic (exact) mass is 363 g/mol. The molecule has 0 amide bonds. The lowest BCUT2D eigenvalue weighted by Crippen LogP contribution is -1.98. The van der Waals surface area contributed by atoms with Gasteiger partial charge in [-0.2, -0.15) is 4.98 Å². The van der Waals surface area contributed by atoms with Gasteiger partial charge in [0.05, 0.1) is 20.5 Å². The fraction of sp³-hybridized carbons (Fsp3) is 0.267. The van der Waals surface area contributed by atoms with Gasteiger partial charge in [-0.15, -0.1) is 23.5 Å². The summed E-state index contributed by atoms with van der Waals surface area (Å²) in [5.74, 6) is 3.50. The zero-order valence-electron chi connectivity index (χ0n) is 13.3. The third-order valence-electron chi connectivity index (χ3n) is 3.22. The van der Waals surface area contributed by atoms with Crippen LogP contribution in [0.25, 0.3) is 11.2 Å². The molecule has 3 aromatic rings. The maximum Gasteiger partial charge on any atom is 0.223 e. The summed E-state index contributed by atoms with van der Waals surface area (Å²) in [5.41, 5.74) is 7.14. The summed E-state index contributed by atoms with van der Waals surface area (Å²) < 4.78 is 10.6. The van der Waals surface area contributed by atoms with Gasteiger partial charge in [0, 0.05) is 16.4 Å². The highest BCUT2D eigenvalue weighted by Gasteiger charge is 2.09. The summed E-state index contributed by atoms with van der Waals surface area (Å²) in [5, 5.41) is 0.822. The molecular weight excluding hydrogens is 346 g/mol. The van der Waals surface area contributed by atoms with Crippen molar-refractivity contribution in [2.45, 2.75) is 9.92 Å². The Labute approximate surface area is 147 Å². The third-order valence-corrected chi connectivity index (χ3v) is 5.45. The molecule has 0 bridgehead atoms. The summed E-state index contributed by atoms with van der Waals surface area (Å²) >= 11 is 3.37. The second kappa shape index (κ2) is 7.63. The molecular formula is C15H17N5O2S2. The first kappa shape index (κ1) is 16.7. The molecule has 0 radical (unpaired) electrons. The molecule has 0 fully saturated rings. The van der Waals surface area contributed by atoms with Gasteiger partial charge < -0.3 is 20.2 Å². The maximum atomic E-state index is 5.72. The molecule has 0 aliphatic carbocycles. The number of nitrogens with zero attached hydrogens (tertiary/aromatic N) is 3. The molecule has 3 N–H and O–H groups in total. The van der Waals surface area contributed by atoms with Crippen molar-refractivity contribution in [1.29, 1.82) is 0 Å². The van der Waals surface area contributed by atoms with Gasteiger partial charge in [-0.3, -0.25) is 0 Å². The number of H-pyrrole nitrogens is 1. The van der Waals surface area contributed by atoms with Crippen LogP contribution in [-0.4, -0.2) is 45.7 Å². The molecule has 24 heavy (non-hydrogen) atoms. The minimum atomic E-state index is 0.240. The molecule has 3 rings (SSSR count). The number of imidazole rings is 1. The van der Waals surface area contributed by atoms with Gasteiger partial charge in [-0.25, -0.2) is 9.97 Å². The quantitative estimate of drug-likeness (QED) is 0.376. The smallest absolute Gasteiger partial charge is 0.223 e. The van der Waals surface area contributed by atoms with Crippen LogP contribution in [0.5, 0.6) is 11.5 Å². The van der Waals surface area contributed by atoms with Gasteiger partial charge in [0.15, 0.2) is 17.1 Å². The Kier molecular flexibility index (Phi) is 5.31. The summed E-state index contributed by atoms with van der Waals surface area (Å²) in [4.78, 5) is 16.7. The zero-order chi connectivity index (χ0) is 16.9. The molecule has 0 aliphatic heterocycles. The van der Waals surface area contributed by atoms with E-state index in [-0.39, 0.29) is 5.95 Å². The van der Waals surface area contributed by atoms with Crippen LogP contribution < -0.4 is 15.2 Å². The van der Waals surface area contributed by atoms with Crippen molar-refractivity contribution in [3.8, 4) is 11.5 Å². The van der Waals surface area contributed by atoms with Gasteiger partial charge in [0.1, 0.15) is 10.5 Å². The van der Waals surface area contributed by atoms with E-state index in [2.05, 4.69) is 19.9 Å². The van der Waals surface area contributed by atoms with Gasteiger partial charge in [0.2, 0.25) is 5.95 Å². The number of aromatic nitrogens is 4. The maximum absolute atomic E-state index is 5.72. The van der Waals surface area contributed by atoms with Crippen molar-refractivity contribution in [3.63, 3.8) is 0 Å². The first-order chi connectivity index (χ1) is 11.7. The summed E-state index contributed by atoms with van der Waals surface area (Å²) in [6, 6.07) is 5.91. The van der Waals surface area contributed by atoms with Crippen molar-refractivity contribution in [2.75, 3.05) is 31.5 Å². The largest absolute Gasteiger partial charge is 0.493 e. The minimum absolute atomic E-state index is 0.240. The minimum Gasteiger partial charge on any atom is -0.493 e. The molecule has 2 heterocycles. The molecule has 0 unspecified atom stereocenters. The number of aromatic amines is 1. The van der Waals surface area contributed by atoms with Crippen LogP contribution in [0.2, 0.25) is 0 Å². The number of hydrogen-bond acceptors (Lipinski definition) is 8. The van der Waals surface area contributed by atoms with Crippen LogP contribution in [0.4, 0.5) is 5.95 Å². The number of rotatable bonds is 7. The van der Waals surface area contributed by atoms with Crippen molar-refractivity contribution in [1.82, 2.24) is 19.9 Å². The van der Waals surface area contributed by atoms with Gasteiger partial charge in [-0.1, -0.05) is 0 Å². The van der Waals surface area contributed by atoms with Crippen LogP contribution >= 0.6 is 23.5 Å². The Morgan fingerprint density at radius 2 is 1.88 bits per heavy atom. The van der Waals surface area contributed by atoms with E-state index in [4.69, 9.17) is 15.2 Å². The second-order valence-corrected chi connectivity index (χ2v) is 6.95. The number of nitrogens with two attached hydrogens (primary N) is 1. The number of hydrogen-bond donors (Lipinski definition) is 2. The SMILES string of the molecule is COc1ccc(SCCSc2nc(N)nc3nc[nH]c23)cc1OC. The predicted molar refractivity (Wildman–Crippen MR) is 97.1 cm³/mol. The first-order valence-corrected chi connectivity index (χ1v) is 9.12. The van der Waals surface area contributed by atoms with E-state index in [9.17, 15) is 0 Å². The lowest BCUT2D eigenvalue weighted by atomic mass is 10.3. The number of nitrogen functional groups attached to an aromatic ring is 1. The Morgan fingerprint density at radius 1 is 1.08 bits per heavy atom. The highest BCUT2D eigenvalue weighted by Crippen LogP contribution is 2.32. The highest BCUT2D eigenvalue weighted by atomic mass is 32.2. The van der Waals surface area contributed by atoms with E-state index in [0.717, 1.165) is 38.4 Å². The van der Waals surface area contributed by atoms with Crippen molar-refractivity contribution >= 4 is 40.6 Å². The average molecular weight is 363 g/mol. The van der Waals surface area contributed by atoms with Crippen molar-refractivity contribution < 1.29 is 9.47 Å². The Bertz CT molecular complexity index is 840. The van der Waals surface area contributed by atoms with Crippen LogP contribution in [0.3, 0.4) is 0 Å².